The Morgan fingerprint density at radius 1 is 1.17 bits per heavy atom. The van der Waals surface area contributed by atoms with Crippen LogP contribution in [0.5, 0.6) is 0 Å². The first-order chi connectivity index (χ1) is 16.7. The number of rotatable bonds is 8. The molecule has 13 heteroatoms. The van der Waals surface area contributed by atoms with Gasteiger partial charge in [0.2, 0.25) is 0 Å². The second-order valence-corrected chi connectivity index (χ2v) is 9.71. The number of carbonyl (C=O) groups is 4. The normalized spacial score (nSPS) is 14.7. The number of thioether (sulfide) groups is 1. The van der Waals surface area contributed by atoms with Gasteiger partial charge in [-0.2, -0.15) is 0 Å². The highest BCUT2D eigenvalue weighted by atomic mass is 32.2. The lowest BCUT2D eigenvalue weighted by molar-refractivity contribution is -0.149. The van der Waals surface area contributed by atoms with Crippen LogP contribution in [0.15, 0.2) is 40.6 Å². The molecule has 184 valence electrons. The van der Waals surface area contributed by atoms with Crippen LogP contribution in [0.25, 0.3) is 5.57 Å². The van der Waals surface area contributed by atoms with Crippen LogP contribution in [0.1, 0.15) is 26.5 Å². The molecular formula is C22H22N4O6S3. The summed E-state index contributed by atoms with van der Waals surface area (Å²) < 4.78 is 10.3. The van der Waals surface area contributed by atoms with Crippen molar-refractivity contribution in [1.29, 1.82) is 0 Å². The molecule has 0 spiro atoms. The number of anilines is 2. The predicted octanol–water partition coefficient (Wildman–Crippen LogP) is 3.87. The van der Waals surface area contributed by atoms with E-state index in [1.807, 2.05) is 6.07 Å². The molecule has 0 radical (unpaired) electrons. The maximum Gasteiger partial charge on any atom is 0.341 e. The van der Waals surface area contributed by atoms with Crippen LogP contribution in [0.3, 0.4) is 0 Å². The minimum Gasteiger partial charge on any atom is -0.462 e. The molecule has 0 aliphatic carbocycles. The van der Waals surface area contributed by atoms with E-state index in [1.54, 1.807) is 45.0 Å². The minimum absolute atomic E-state index is 0.0172. The lowest BCUT2D eigenvalue weighted by Crippen LogP contribution is -2.35. The van der Waals surface area contributed by atoms with Gasteiger partial charge in [-0.15, -0.1) is 11.3 Å². The van der Waals surface area contributed by atoms with Crippen molar-refractivity contribution < 1.29 is 28.7 Å². The largest absolute Gasteiger partial charge is 0.462 e. The fourth-order valence-corrected chi connectivity index (χ4v) is 4.87. The fourth-order valence-electron chi connectivity index (χ4n) is 2.86. The van der Waals surface area contributed by atoms with Gasteiger partial charge in [0.05, 0.1) is 23.3 Å². The number of nitrogens with one attached hydrogen (secondary N) is 2. The fraction of sp³-hybridized carbons (Fsp3) is 0.273. The summed E-state index contributed by atoms with van der Waals surface area (Å²) in [6.45, 7) is 4.69. The molecule has 1 aliphatic heterocycles. The molecule has 1 saturated heterocycles. The van der Waals surface area contributed by atoms with Crippen molar-refractivity contribution in [2.45, 2.75) is 26.9 Å². The molecule has 0 saturated carbocycles. The van der Waals surface area contributed by atoms with Crippen LogP contribution in [-0.4, -0.2) is 57.3 Å². The molecule has 2 aromatic rings. The van der Waals surface area contributed by atoms with E-state index in [-0.39, 0.29) is 44.9 Å². The van der Waals surface area contributed by atoms with Crippen molar-refractivity contribution in [3.05, 3.63) is 46.3 Å². The van der Waals surface area contributed by atoms with E-state index in [2.05, 4.69) is 15.6 Å². The van der Waals surface area contributed by atoms with Gasteiger partial charge >= 0.3 is 18.0 Å². The molecule has 2 N–H and O–H groups in total. The average molecular weight is 535 g/mol. The number of esters is 2. The lowest BCUT2D eigenvalue weighted by atomic mass is 10.2. The van der Waals surface area contributed by atoms with Crippen LogP contribution >= 0.6 is 35.3 Å². The van der Waals surface area contributed by atoms with E-state index in [1.165, 1.54) is 5.38 Å². The molecule has 35 heavy (non-hydrogen) atoms. The Morgan fingerprint density at radius 3 is 2.54 bits per heavy atom. The van der Waals surface area contributed by atoms with Crippen molar-refractivity contribution in [1.82, 2.24) is 9.88 Å². The quantitative estimate of drug-likeness (QED) is 0.295. The van der Waals surface area contributed by atoms with Gasteiger partial charge in [0.1, 0.15) is 16.4 Å². The van der Waals surface area contributed by atoms with E-state index in [9.17, 15) is 19.2 Å². The van der Waals surface area contributed by atoms with Gasteiger partial charge in [-0.25, -0.2) is 14.6 Å². The molecule has 0 atom stereocenters. The number of benzene rings is 1. The van der Waals surface area contributed by atoms with Gasteiger partial charge in [0.15, 0.2) is 5.13 Å². The second-order valence-electron chi connectivity index (χ2n) is 7.21. The van der Waals surface area contributed by atoms with E-state index < -0.39 is 23.9 Å². The van der Waals surface area contributed by atoms with Crippen molar-refractivity contribution in [3.8, 4) is 0 Å². The van der Waals surface area contributed by atoms with Crippen molar-refractivity contribution in [2.24, 2.45) is 0 Å². The van der Waals surface area contributed by atoms with Gasteiger partial charge < -0.3 is 14.8 Å². The standard InChI is InChI=1S/C22H22N4O6S3/c1-4-31-19(29)16(17-18(28)26(22(33)35-17)10-15(27)32-12(2)3)14-11-34-21(24-14)25-20(30)23-13-8-6-5-7-9-13/h5-9,11-12H,4,10H2,1-3H3,(H2,23,24,25,30)/b17-16-. The zero-order valence-electron chi connectivity index (χ0n) is 19.0. The van der Waals surface area contributed by atoms with Gasteiger partial charge in [-0.05, 0) is 32.9 Å². The molecule has 1 aromatic heterocycles. The lowest BCUT2D eigenvalue weighted by Gasteiger charge is -2.15. The maximum absolute atomic E-state index is 13.1. The monoisotopic (exact) mass is 534 g/mol. The predicted molar refractivity (Wildman–Crippen MR) is 138 cm³/mol. The molecular weight excluding hydrogens is 512 g/mol. The Hall–Kier alpha value is -3.29. The number of ether oxygens (including phenoxy) is 2. The molecule has 0 unspecified atom stereocenters. The zero-order chi connectivity index (χ0) is 25.5. The third kappa shape index (κ3) is 6.87. The van der Waals surface area contributed by atoms with Crippen LogP contribution in [-0.2, 0) is 23.9 Å². The Kier molecular flexibility index (Phi) is 8.95. The molecule has 3 rings (SSSR count). The summed E-state index contributed by atoms with van der Waals surface area (Å²) in [6.07, 6.45) is -0.355. The van der Waals surface area contributed by atoms with E-state index in [0.29, 0.717) is 5.69 Å². The second kappa shape index (κ2) is 11.9. The summed E-state index contributed by atoms with van der Waals surface area (Å²) in [5.74, 6) is -2.03. The van der Waals surface area contributed by atoms with Gasteiger partial charge in [0.25, 0.3) is 5.91 Å². The molecule has 1 fully saturated rings. The molecule has 2 heterocycles. The third-order valence-electron chi connectivity index (χ3n) is 4.22. The number of urea groups is 1. The van der Waals surface area contributed by atoms with Crippen LogP contribution < -0.4 is 10.6 Å². The van der Waals surface area contributed by atoms with Crippen molar-refractivity contribution in [3.63, 3.8) is 0 Å². The molecule has 10 nitrogen and oxygen atoms in total. The number of carbonyl (C=O) groups excluding carboxylic acids is 4. The first-order valence-electron chi connectivity index (χ1n) is 10.4. The summed E-state index contributed by atoms with van der Waals surface area (Å²) in [5, 5.41) is 6.98. The number of hydrogen-bond acceptors (Lipinski definition) is 10. The van der Waals surface area contributed by atoms with Gasteiger partial charge in [-0.3, -0.25) is 19.8 Å². The number of amides is 3. The SMILES string of the molecule is CCOC(=O)/C(=C1\SC(=S)N(CC(=O)OC(C)C)C1=O)c1csc(NC(=O)Nc2ccccc2)n1. The molecule has 1 aliphatic rings. The van der Waals surface area contributed by atoms with Gasteiger partial charge in [-0.1, -0.05) is 42.2 Å². The Labute approximate surface area is 215 Å². The summed E-state index contributed by atoms with van der Waals surface area (Å²) in [6, 6.07) is 8.31. The summed E-state index contributed by atoms with van der Waals surface area (Å²) in [4.78, 5) is 55.6. The summed E-state index contributed by atoms with van der Waals surface area (Å²) in [5.41, 5.74) is 0.624. The van der Waals surface area contributed by atoms with E-state index in [0.717, 1.165) is 28.0 Å². The third-order valence-corrected chi connectivity index (χ3v) is 6.43. The van der Waals surface area contributed by atoms with Crippen LogP contribution in [0, 0.1) is 0 Å². The molecule has 1 aromatic carbocycles. The number of thiazole rings is 1. The number of hydrogen-bond donors (Lipinski definition) is 2. The first-order valence-corrected chi connectivity index (χ1v) is 12.5. The number of para-hydroxylation sites is 1. The highest BCUT2D eigenvalue weighted by Crippen LogP contribution is 2.38. The van der Waals surface area contributed by atoms with Crippen LogP contribution in [0.2, 0.25) is 0 Å². The summed E-state index contributed by atoms with van der Waals surface area (Å²) in [7, 11) is 0. The van der Waals surface area contributed by atoms with E-state index in [4.69, 9.17) is 21.7 Å². The van der Waals surface area contributed by atoms with Crippen molar-refractivity contribution >= 4 is 79.9 Å². The molecule has 0 bridgehead atoms. The molecule has 3 amide bonds. The minimum atomic E-state index is -0.775. The highest BCUT2D eigenvalue weighted by Gasteiger charge is 2.39. The maximum atomic E-state index is 13.1. The number of thiocarbonyl (C=S) groups is 1. The Balaban J connectivity index is 1.84. The first kappa shape index (κ1) is 26.3. The number of nitrogens with zero attached hydrogens (tertiary/aromatic N) is 2. The van der Waals surface area contributed by atoms with E-state index >= 15 is 0 Å². The van der Waals surface area contributed by atoms with Crippen molar-refractivity contribution in [2.75, 3.05) is 23.8 Å². The zero-order valence-corrected chi connectivity index (χ0v) is 21.5. The average Bonchev–Trinajstić information content (AvgIpc) is 3.34. The topological polar surface area (TPSA) is 127 Å². The number of aromatic nitrogens is 1. The Bertz CT molecular complexity index is 1180. The highest BCUT2D eigenvalue weighted by molar-refractivity contribution is 8.26. The summed E-state index contributed by atoms with van der Waals surface area (Å²) >= 11 is 7.20. The van der Waals surface area contributed by atoms with Gasteiger partial charge in [0, 0.05) is 11.1 Å². The van der Waals surface area contributed by atoms with Crippen LogP contribution in [0.4, 0.5) is 15.6 Å². The smallest absolute Gasteiger partial charge is 0.341 e. The Morgan fingerprint density at radius 2 is 1.89 bits per heavy atom.